The van der Waals surface area contributed by atoms with Gasteiger partial charge in [0.1, 0.15) is 0 Å². The summed E-state index contributed by atoms with van der Waals surface area (Å²) in [7, 11) is 1.81. The number of hydrogen-bond acceptors (Lipinski definition) is 7. The van der Waals surface area contributed by atoms with E-state index in [4.69, 9.17) is 14.2 Å². The molecule has 37 heavy (non-hydrogen) atoms. The molecule has 3 fully saturated rings. The molecule has 4 heterocycles. The highest BCUT2D eigenvalue weighted by Gasteiger charge is 2.34. The summed E-state index contributed by atoms with van der Waals surface area (Å²) in [6.45, 7) is 11.4. The first-order valence-corrected chi connectivity index (χ1v) is 13.1. The predicted octanol–water partition coefficient (Wildman–Crippen LogP) is 3.36. The Morgan fingerprint density at radius 1 is 1.11 bits per heavy atom. The van der Waals surface area contributed by atoms with Crippen LogP contribution < -0.4 is 5.32 Å². The molecule has 0 aliphatic carbocycles. The minimum atomic E-state index is -0.253. The van der Waals surface area contributed by atoms with Crippen LogP contribution in [0.2, 0.25) is 0 Å². The number of allylic oxidation sites excluding steroid dienone is 1. The molecule has 0 atom stereocenters. The van der Waals surface area contributed by atoms with Crippen molar-refractivity contribution in [1.29, 1.82) is 0 Å². The van der Waals surface area contributed by atoms with E-state index in [9.17, 15) is 4.79 Å². The quantitative estimate of drug-likeness (QED) is 0.579. The van der Waals surface area contributed by atoms with E-state index in [0.717, 1.165) is 61.5 Å². The summed E-state index contributed by atoms with van der Waals surface area (Å²) in [6.07, 6.45) is 5.69. The molecule has 0 bridgehead atoms. The van der Waals surface area contributed by atoms with Gasteiger partial charge < -0.3 is 29.3 Å². The van der Waals surface area contributed by atoms with Gasteiger partial charge in [-0.15, -0.1) is 0 Å². The van der Waals surface area contributed by atoms with Crippen LogP contribution >= 0.6 is 0 Å². The van der Waals surface area contributed by atoms with Crippen LogP contribution in [0.1, 0.15) is 31.0 Å². The van der Waals surface area contributed by atoms with Crippen molar-refractivity contribution in [2.24, 2.45) is 5.10 Å². The van der Waals surface area contributed by atoms with Crippen LogP contribution in [0.25, 0.3) is 16.8 Å². The number of rotatable bonds is 7. The Hall–Kier alpha value is -3.14. The van der Waals surface area contributed by atoms with Gasteiger partial charge >= 0.3 is 6.09 Å². The predicted molar refractivity (Wildman–Crippen MR) is 143 cm³/mol. The van der Waals surface area contributed by atoms with Crippen LogP contribution in [0.4, 0.5) is 4.79 Å². The number of carbonyl (C=O) groups excluding carboxylic acids is 1. The summed E-state index contributed by atoms with van der Waals surface area (Å²) in [5, 5.41) is 7.68. The maximum Gasteiger partial charge on any atom is 0.410 e. The zero-order valence-corrected chi connectivity index (χ0v) is 21.8. The highest BCUT2D eigenvalue weighted by Crippen LogP contribution is 2.36. The summed E-state index contributed by atoms with van der Waals surface area (Å²) in [6, 6.07) is 10.9. The molecule has 9 nitrogen and oxygen atoms in total. The average molecular weight is 508 g/mol. The van der Waals surface area contributed by atoms with Crippen molar-refractivity contribution < 1.29 is 19.0 Å². The second-order valence-corrected chi connectivity index (χ2v) is 9.82. The summed E-state index contributed by atoms with van der Waals surface area (Å²) in [4.78, 5) is 16.5. The van der Waals surface area contributed by atoms with Gasteiger partial charge in [-0.25, -0.2) is 9.47 Å². The molecule has 3 aliphatic rings. The molecule has 198 valence electrons. The Kier molecular flexibility index (Phi) is 7.64. The molecule has 3 saturated heterocycles. The fourth-order valence-corrected chi connectivity index (χ4v) is 5.45. The Morgan fingerprint density at radius 3 is 2.35 bits per heavy atom. The summed E-state index contributed by atoms with van der Waals surface area (Å²) >= 11 is 0. The number of nitrogens with one attached hydrogen (secondary N) is 1. The lowest BCUT2D eigenvalue weighted by Gasteiger charge is -2.38. The molecule has 0 radical (unpaired) electrons. The van der Waals surface area contributed by atoms with E-state index in [1.165, 1.54) is 5.56 Å². The van der Waals surface area contributed by atoms with Gasteiger partial charge in [0, 0.05) is 51.8 Å². The molecule has 3 aliphatic heterocycles. The molecular formula is C28H37N5O4. The summed E-state index contributed by atoms with van der Waals surface area (Å²) in [5.74, 6) is 0. The fourth-order valence-electron chi connectivity index (χ4n) is 5.45. The van der Waals surface area contributed by atoms with Crippen LogP contribution in [0.3, 0.4) is 0 Å². The number of carbonyl (C=O) groups is 1. The highest BCUT2D eigenvalue weighted by atomic mass is 16.6. The minimum absolute atomic E-state index is 0.106. The Labute approximate surface area is 218 Å². The van der Waals surface area contributed by atoms with Crippen molar-refractivity contribution in [3.05, 3.63) is 53.9 Å². The van der Waals surface area contributed by atoms with Crippen molar-refractivity contribution in [2.75, 3.05) is 59.6 Å². The van der Waals surface area contributed by atoms with Gasteiger partial charge in [-0.1, -0.05) is 30.3 Å². The van der Waals surface area contributed by atoms with Gasteiger partial charge in [0.2, 0.25) is 0 Å². The van der Waals surface area contributed by atoms with Gasteiger partial charge in [0.15, 0.2) is 6.10 Å². The fraction of sp³-hybridized carbons (Fsp3) is 0.500. The van der Waals surface area contributed by atoms with Crippen molar-refractivity contribution in [3.8, 4) is 11.1 Å². The zero-order valence-electron chi connectivity index (χ0n) is 21.8. The van der Waals surface area contributed by atoms with E-state index in [2.05, 4.69) is 58.4 Å². The number of amides is 1. The Bertz CT molecular complexity index is 1120. The first-order valence-electron chi connectivity index (χ1n) is 13.1. The molecule has 5 rings (SSSR count). The largest absolute Gasteiger partial charge is 0.441 e. The SMILES string of the molecule is C=Nn1cc(-c2ccc(C3(OC)CCNCC3)cc2)cc1/C(=C\C)N1CCN(C(=O)OC2COC2)CC1. The van der Waals surface area contributed by atoms with Crippen molar-refractivity contribution in [1.82, 2.24) is 19.8 Å². The monoisotopic (exact) mass is 507 g/mol. The van der Waals surface area contributed by atoms with Crippen LogP contribution in [-0.4, -0.2) is 93.0 Å². The third-order valence-corrected chi connectivity index (χ3v) is 7.79. The minimum Gasteiger partial charge on any atom is -0.441 e. The maximum atomic E-state index is 12.4. The number of piperazine rings is 1. The number of ether oxygens (including phenoxy) is 3. The molecule has 1 aromatic heterocycles. The molecule has 9 heteroatoms. The first kappa shape index (κ1) is 25.5. The van der Waals surface area contributed by atoms with Gasteiger partial charge in [-0.3, -0.25) is 0 Å². The van der Waals surface area contributed by atoms with Crippen LogP contribution in [-0.2, 0) is 19.8 Å². The van der Waals surface area contributed by atoms with E-state index in [-0.39, 0.29) is 17.8 Å². The average Bonchev–Trinajstić information content (AvgIpc) is 3.36. The second-order valence-electron chi connectivity index (χ2n) is 9.82. The van der Waals surface area contributed by atoms with Gasteiger partial charge in [0.05, 0.1) is 30.2 Å². The molecule has 1 N–H and O–H groups in total. The molecule has 2 aromatic rings. The molecule has 1 aromatic carbocycles. The molecule has 0 saturated carbocycles. The van der Waals surface area contributed by atoms with E-state index in [1.54, 1.807) is 4.90 Å². The number of hydrogen-bond donors (Lipinski definition) is 1. The normalized spacial score (nSPS) is 20.4. The van der Waals surface area contributed by atoms with Gasteiger partial charge in [-0.2, -0.15) is 5.10 Å². The lowest BCUT2D eigenvalue weighted by atomic mass is 9.84. The molecule has 0 unspecified atom stereocenters. The van der Waals surface area contributed by atoms with Crippen LogP contribution in [0.5, 0.6) is 0 Å². The first-order chi connectivity index (χ1) is 18.1. The third kappa shape index (κ3) is 5.16. The Morgan fingerprint density at radius 2 is 1.78 bits per heavy atom. The highest BCUT2D eigenvalue weighted by molar-refractivity contribution is 5.72. The van der Waals surface area contributed by atoms with Crippen molar-refractivity contribution in [3.63, 3.8) is 0 Å². The smallest absolute Gasteiger partial charge is 0.410 e. The van der Waals surface area contributed by atoms with E-state index in [0.29, 0.717) is 26.3 Å². The third-order valence-electron chi connectivity index (χ3n) is 7.79. The van der Waals surface area contributed by atoms with Crippen LogP contribution in [0, 0.1) is 0 Å². The number of piperidine rings is 1. The van der Waals surface area contributed by atoms with Crippen LogP contribution in [0.15, 0.2) is 47.7 Å². The molecule has 0 spiro atoms. The topological polar surface area (TPSA) is 80.6 Å². The number of nitrogens with zero attached hydrogens (tertiary/aromatic N) is 4. The van der Waals surface area contributed by atoms with E-state index < -0.39 is 0 Å². The standard InChI is InChI=1S/C28H37N5O4/c1-4-25(31-13-15-32(16-14-31)27(34)37-24-19-36-20-24)26-17-22(18-33(26)29-2)21-5-7-23(8-6-21)28(35-3)9-11-30-12-10-28/h4-8,17-18,24,30H,2,9-16,19-20H2,1,3H3/b25-4+. The summed E-state index contributed by atoms with van der Waals surface area (Å²) < 4.78 is 18.4. The molecule has 1 amide bonds. The lowest BCUT2D eigenvalue weighted by Crippen LogP contribution is -2.50. The molecular weight excluding hydrogens is 470 g/mol. The van der Waals surface area contributed by atoms with Crippen molar-refractivity contribution in [2.45, 2.75) is 31.5 Å². The lowest BCUT2D eigenvalue weighted by molar-refractivity contribution is -0.105. The second kappa shape index (κ2) is 11.1. The van der Waals surface area contributed by atoms with Gasteiger partial charge in [-0.05, 0) is 50.0 Å². The Balaban J connectivity index is 1.29. The summed E-state index contributed by atoms with van der Waals surface area (Å²) in [5.41, 5.74) is 5.25. The van der Waals surface area contributed by atoms with Gasteiger partial charge in [0.25, 0.3) is 0 Å². The van der Waals surface area contributed by atoms with E-state index in [1.807, 2.05) is 24.9 Å². The maximum absolute atomic E-state index is 12.4. The number of benzene rings is 1. The zero-order chi connectivity index (χ0) is 25.8. The number of methoxy groups -OCH3 is 1. The van der Waals surface area contributed by atoms with E-state index >= 15 is 0 Å². The van der Waals surface area contributed by atoms with Crippen molar-refractivity contribution >= 4 is 18.5 Å². The number of aromatic nitrogens is 1.